The molecule has 4 rings (SSSR count). The molecule has 0 bridgehead atoms. The van der Waals surface area contributed by atoms with E-state index in [1.54, 1.807) is 30.6 Å². The van der Waals surface area contributed by atoms with E-state index in [0.29, 0.717) is 36.7 Å². The van der Waals surface area contributed by atoms with Gasteiger partial charge in [0.05, 0.1) is 23.6 Å². The van der Waals surface area contributed by atoms with Crippen molar-refractivity contribution in [1.29, 1.82) is 0 Å². The number of aromatic nitrogens is 2. The summed E-state index contributed by atoms with van der Waals surface area (Å²) in [6, 6.07) is 14.9. The summed E-state index contributed by atoms with van der Waals surface area (Å²) < 4.78 is 11.4. The maximum absolute atomic E-state index is 11.8. The number of benzene rings is 1. The van der Waals surface area contributed by atoms with Gasteiger partial charge in [0.1, 0.15) is 18.1 Å². The van der Waals surface area contributed by atoms with Gasteiger partial charge in [0.15, 0.2) is 5.78 Å². The second-order valence-corrected chi connectivity index (χ2v) is 5.73. The Balaban J connectivity index is 1.49. The van der Waals surface area contributed by atoms with Gasteiger partial charge >= 0.3 is 0 Å². The van der Waals surface area contributed by atoms with Crippen LogP contribution in [-0.2, 0) is 6.61 Å². The molecule has 0 spiro atoms. The lowest BCUT2D eigenvalue weighted by atomic mass is 10.1. The Labute approximate surface area is 145 Å². The normalized spacial score (nSPS) is 13.0. The van der Waals surface area contributed by atoms with E-state index >= 15 is 0 Å². The average molecular weight is 332 g/mol. The van der Waals surface area contributed by atoms with Crippen LogP contribution in [0.25, 0.3) is 11.4 Å². The second kappa shape index (κ2) is 6.73. The number of carbonyl (C=O) groups excluding carboxylic acids is 1. The van der Waals surface area contributed by atoms with Crippen molar-refractivity contribution in [3.8, 4) is 22.9 Å². The summed E-state index contributed by atoms with van der Waals surface area (Å²) in [6.07, 6.45) is 3.92. The Morgan fingerprint density at radius 1 is 1.00 bits per heavy atom. The zero-order valence-corrected chi connectivity index (χ0v) is 13.5. The van der Waals surface area contributed by atoms with Gasteiger partial charge in [0.2, 0.25) is 0 Å². The molecule has 5 heteroatoms. The van der Waals surface area contributed by atoms with Gasteiger partial charge < -0.3 is 9.47 Å². The SMILES string of the molecule is O=C1CCOc2cc(OCc3ccnc(-c4ccccn4)c3)ccc21. The third-order valence-corrected chi connectivity index (χ3v) is 4.00. The maximum atomic E-state index is 11.8. The first-order chi connectivity index (χ1) is 12.3. The first-order valence-corrected chi connectivity index (χ1v) is 8.09. The molecule has 1 aliphatic heterocycles. The molecule has 0 atom stereocenters. The zero-order valence-electron chi connectivity index (χ0n) is 13.5. The van der Waals surface area contributed by atoms with Crippen molar-refractivity contribution in [2.45, 2.75) is 13.0 Å². The highest BCUT2D eigenvalue weighted by Crippen LogP contribution is 2.29. The number of nitrogens with zero attached hydrogens (tertiary/aromatic N) is 2. The number of fused-ring (bicyclic) bond motifs is 1. The summed E-state index contributed by atoms with van der Waals surface area (Å²) >= 11 is 0. The summed E-state index contributed by atoms with van der Waals surface area (Å²) in [6.45, 7) is 0.822. The molecule has 0 radical (unpaired) electrons. The minimum atomic E-state index is 0.113. The molecular weight excluding hydrogens is 316 g/mol. The summed E-state index contributed by atoms with van der Waals surface area (Å²) in [5.74, 6) is 1.38. The molecule has 3 heterocycles. The van der Waals surface area contributed by atoms with Gasteiger partial charge in [-0.3, -0.25) is 14.8 Å². The molecule has 1 aliphatic rings. The first kappa shape index (κ1) is 15.3. The smallest absolute Gasteiger partial charge is 0.169 e. The number of hydrogen-bond acceptors (Lipinski definition) is 5. The van der Waals surface area contributed by atoms with E-state index in [0.717, 1.165) is 17.0 Å². The molecule has 0 unspecified atom stereocenters. The van der Waals surface area contributed by atoms with Crippen LogP contribution < -0.4 is 9.47 Å². The molecule has 0 N–H and O–H groups in total. The molecule has 0 aliphatic carbocycles. The second-order valence-electron chi connectivity index (χ2n) is 5.73. The Morgan fingerprint density at radius 2 is 1.92 bits per heavy atom. The molecule has 0 amide bonds. The van der Waals surface area contributed by atoms with Crippen LogP contribution >= 0.6 is 0 Å². The maximum Gasteiger partial charge on any atom is 0.169 e. The van der Waals surface area contributed by atoms with Gasteiger partial charge in [0, 0.05) is 24.9 Å². The van der Waals surface area contributed by atoms with E-state index in [-0.39, 0.29) is 5.78 Å². The molecule has 3 aromatic rings. The number of ketones is 1. The first-order valence-electron chi connectivity index (χ1n) is 8.09. The Hall–Kier alpha value is -3.21. The lowest BCUT2D eigenvalue weighted by Gasteiger charge is -2.17. The van der Waals surface area contributed by atoms with E-state index in [2.05, 4.69) is 9.97 Å². The average Bonchev–Trinajstić information content (AvgIpc) is 2.67. The topological polar surface area (TPSA) is 61.3 Å². The summed E-state index contributed by atoms with van der Waals surface area (Å²) in [5.41, 5.74) is 3.25. The van der Waals surface area contributed by atoms with Gasteiger partial charge in [-0.2, -0.15) is 0 Å². The van der Waals surface area contributed by atoms with Crippen molar-refractivity contribution >= 4 is 5.78 Å². The van der Waals surface area contributed by atoms with Gasteiger partial charge in [-0.15, -0.1) is 0 Å². The number of Topliss-reactive ketones (excluding diaryl/α,β-unsaturated/α-hetero) is 1. The van der Waals surface area contributed by atoms with E-state index < -0.39 is 0 Å². The quantitative estimate of drug-likeness (QED) is 0.729. The Morgan fingerprint density at radius 3 is 2.80 bits per heavy atom. The molecule has 5 nitrogen and oxygen atoms in total. The summed E-state index contributed by atoms with van der Waals surface area (Å²) in [4.78, 5) is 20.5. The number of pyridine rings is 2. The number of carbonyl (C=O) groups is 1. The monoisotopic (exact) mass is 332 g/mol. The van der Waals surface area contributed by atoms with E-state index in [4.69, 9.17) is 9.47 Å². The highest BCUT2D eigenvalue weighted by Gasteiger charge is 2.18. The molecule has 0 saturated heterocycles. The fraction of sp³-hybridized carbons (Fsp3) is 0.150. The minimum Gasteiger partial charge on any atom is -0.492 e. The van der Waals surface area contributed by atoms with Crippen molar-refractivity contribution in [2.75, 3.05) is 6.61 Å². The molecule has 25 heavy (non-hydrogen) atoms. The van der Waals surface area contributed by atoms with E-state index in [9.17, 15) is 4.79 Å². The third-order valence-electron chi connectivity index (χ3n) is 4.00. The van der Waals surface area contributed by atoms with Crippen molar-refractivity contribution in [1.82, 2.24) is 9.97 Å². The van der Waals surface area contributed by atoms with Crippen LogP contribution in [0.3, 0.4) is 0 Å². The van der Waals surface area contributed by atoms with Crippen LogP contribution in [-0.4, -0.2) is 22.4 Å². The summed E-state index contributed by atoms with van der Waals surface area (Å²) in [5, 5.41) is 0. The number of rotatable bonds is 4. The largest absolute Gasteiger partial charge is 0.492 e. The van der Waals surface area contributed by atoms with Crippen LogP contribution in [0.1, 0.15) is 22.3 Å². The zero-order chi connectivity index (χ0) is 17.1. The predicted molar refractivity (Wildman–Crippen MR) is 92.7 cm³/mol. The molecule has 0 fully saturated rings. The molecule has 0 saturated carbocycles. The fourth-order valence-corrected chi connectivity index (χ4v) is 2.72. The lowest BCUT2D eigenvalue weighted by molar-refractivity contribution is 0.0933. The minimum absolute atomic E-state index is 0.113. The molecule has 2 aromatic heterocycles. The standard InChI is InChI=1S/C20H16N2O3/c23-19-7-10-24-20-12-15(4-5-16(19)20)25-13-14-6-9-22-18(11-14)17-3-1-2-8-21-17/h1-6,8-9,11-12H,7,10,13H2. The van der Waals surface area contributed by atoms with Crippen molar-refractivity contribution < 1.29 is 14.3 Å². The predicted octanol–water partition coefficient (Wildman–Crippen LogP) is 3.69. The van der Waals surface area contributed by atoms with Gasteiger partial charge in [-0.25, -0.2) is 0 Å². The molecule has 1 aromatic carbocycles. The van der Waals surface area contributed by atoms with E-state index in [1.807, 2.05) is 30.3 Å². The van der Waals surface area contributed by atoms with Gasteiger partial charge in [0.25, 0.3) is 0 Å². The third kappa shape index (κ3) is 3.35. The Kier molecular flexibility index (Phi) is 4.12. The van der Waals surface area contributed by atoms with Crippen LogP contribution in [0.2, 0.25) is 0 Å². The molecular formula is C20H16N2O3. The highest BCUT2D eigenvalue weighted by molar-refractivity contribution is 5.99. The fourth-order valence-electron chi connectivity index (χ4n) is 2.72. The number of ether oxygens (including phenoxy) is 2. The Bertz CT molecular complexity index is 910. The van der Waals surface area contributed by atoms with Crippen molar-refractivity contribution in [3.63, 3.8) is 0 Å². The van der Waals surface area contributed by atoms with Crippen LogP contribution in [0.4, 0.5) is 0 Å². The van der Waals surface area contributed by atoms with Gasteiger partial charge in [-0.05, 0) is 42.0 Å². The van der Waals surface area contributed by atoms with Crippen LogP contribution in [0.15, 0.2) is 60.9 Å². The van der Waals surface area contributed by atoms with Crippen LogP contribution in [0.5, 0.6) is 11.5 Å². The highest BCUT2D eigenvalue weighted by atomic mass is 16.5. The van der Waals surface area contributed by atoms with Crippen molar-refractivity contribution in [3.05, 3.63) is 72.1 Å². The van der Waals surface area contributed by atoms with Gasteiger partial charge in [-0.1, -0.05) is 6.07 Å². The number of hydrogen-bond donors (Lipinski definition) is 0. The van der Waals surface area contributed by atoms with E-state index in [1.165, 1.54) is 0 Å². The summed E-state index contributed by atoms with van der Waals surface area (Å²) in [7, 11) is 0. The lowest BCUT2D eigenvalue weighted by Crippen LogP contribution is -2.15. The van der Waals surface area contributed by atoms with Crippen molar-refractivity contribution in [2.24, 2.45) is 0 Å². The van der Waals surface area contributed by atoms with Crippen LogP contribution in [0, 0.1) is 0 Å². The molecule has 124 valence electrons.